The van der Waals surface area contributed by atoms with Gasteiger partial charge in [0.25, 0.3) is 10.0 Å². The molecular formula is C23H19ClN4O3S2. The topological polar surface area (TPSA) is 115 Å². The van der Waals surface area contributed by atoms with Crippen LogP contribution in [0.3, 0.4) is 0 Å². The van der Waals surface area contributed by atoms with Gasteiger partial charge in [0.2, 0.25) is 11.9 Å². The fourth-order valence-corrected chi connectivity index (χ4v) is 5.75. The molecule has 0 atom stereocenters. The number of rotatable bonds is 7. The summed E-state index contributed by atoms with van der Waals surface area (Å²) in [6.45, 7) is 1.70. The summed E-state index contributed by atoms with van der Waals surface area (Å²) in [5, 5.41) is 1.18. The van der Waals surface area contributed by atoms with Gasteiger partial charge < -0.3 is 5.73 Å². The van der Waals surface area contributed by atoms with Crippen molar-refractivity contribution in [1.82, 2.24) is 9.97 Å². The molecule has 0 fully saturated rings. The van der Waals surface area contributed by atoms with Gasteiger partial charge in [-0.2, -0.15) is 0 Å². The maximum atomic E-state index is 13.4. The van der Waals surface area contributed by atoms with E-state index in [1.54, 1.807) is 13.0 Å². The van der Waals surface area contributed by atoms with Crippen LogP contribution in [-0.4, -0.2) is 30.0 Å². The summed E-state index contributed by atoms with van der Waals surface area (Å²) in [6, 6.07) is 19.8. The molecule has 3 aromatic carbocycles. The average molecular weight is 499 g/mol. The van der Waals surface area contributed by atoms with Crippen molar-refractivity contribution in [2.45, 2.75) is 16.7 Å². The number of aromatic nitrogens is 2. The van der Waals surface area contributed by atoms with E-state index in [0.29, 0.717) is 26.7 Å². The molecule has 33 heavy (non-hydrogen) atoms. The number of hydrogen-bond donors (Lipinski definition) is 2. The van der Waals surface area contributed by atoms with Crippen molar-refractivity contribution in [2.24, 2.45) is 5.73 Å². The number of benzene rings is 3. The minimum atomic E-state index is -4.11. The molecule has 168 valence electrons. The third-order valence-corrected chi connectivity index (χ3v) is 7.74. The van der Waals surface area contributed by atoms with Crippen LogP contribution >= 0.6 is 23.4 Å². The fraction of sp³-hybridized carbons (Fsp3) is 0.0870. The highest BCUT2D eigenvalue weighted by Gasteiger charge is 2.23. The molecule has 10 heteroatoms. The first kappa shape index (κ1) is 23.0. The number of anilines is 1. The molecule has 7 nitrogen and oxygen atoms in total. The van der Waals surface area contributed by atoms with Crippen LogP contribution in [0.2, 0.25) is 5.02 Å². The molecule has 0 aliphatic carbocycles. The number of hydrogen-bond acceptors (Lipinski definition) is 6. The molecule has 0 aliphatic rings. The van der Waals surface area contributed by atoms with Gasteiger partial charge in [-0.15, -0.1) is 11.8 Å². The summed E-state index contributed by atoms with van der Waals surface area (Å²) in [7, 11) is -4.11. The molecule has 3 N–H and O–H groups in total. The van der Waals surface area contributed by atoms with Crippen molar-refractivity contribution in [3.05, 3.63) is 77.3 Å². The zero-order valence-corrected chi connectivity index (χ0v) is 19.8. The third-order valence-electron chi connectivity index (χ3n) is 4.76. The van der Waals surface area contributed by atoms with E-state index in [1.807, 2.05) is 48.5 Å². The van der Waals surface area contributed by atoms with Gasteiger partial charge in [0.05, 0.1) is 17.0 Å². The van der Waals surface area contributed by atoms with Crippen molar-refractivity contribution in [1.29, 1.82) is 0 Å². The number of carbonyl (C=O) groups is 1. The van der Waals surface area contributed by atoms with Crippen LogP contribution in [0.15, 0.2) is 76.5 Å². The molecule has 4 rings (SSSR count). The van der Waals surface area contributed by atoms with Gasteiger partial charge in [-0.1, -0.05) is 60.1 Å². The predicted molar refractivity (Wildman–Crippen MR) is 132 cm³/mol. The molecule has 4 aromatic rings. The summed E-state index contributed by atoms with van der Waals surface area (Å²) >= 11 is 7.19. The molecule has 0 spiro atoms. The quantitative estimate of drug-likeness (QED) is 0.359. The highest BCUT2D eigenvalue weighted by Crippen LogP contribution is 2.33. The monoisotopic (exact) mass is 498 g/mol. The number of fused-ring (bicyclic) bond motifs is 1. The van der Waals surface area contributed by atoms with Gasteiger partial charge in [0.1, 0.15) is 4.90 Å². The van der Waals surface area contributed by atoms with Crippen LogP contribution in [0.1, 0.15) is 5.56 Å². The highest BCUT2D eigenvalue weighted by atomic mass is 35.5. The van der Waals surface area contributed by atoms with Crippen LogP contribution in [0.4, 0.5) is 5.95 Å². The van der Waals surface area contributed by atoms with E-state index in [9.17, 15) is 13.2 Å². The lowest BCUT2D eigenvalue weighted by molar-refractivity contribution is -0.115. The van der Waals surface area contributed by atoms with Crippen molar-refractivity contribution < 1.29 is 13.2 Å². The normalized spacial score (nSPS) is 11.5. The second-order valence-corrected chi connectivity index (χ2v) is 10.3. The van der Waals surface area contributed by atoms with E-state index >= 15 is 0 Å². The lowest BCUT2D eigenvalue weighted by atomic mass is 10.1. The molecule has 0 bridgehead atoms. The first-order valence-corrected chi connectivity index (χ1v) is 12.7. The van der Waals surface area contributed by atoms with E-state index in [1.165, 1.54) is 12.1 Å². The summed E-state index contributed by atoms with van der Waals surface area (Å²) in [5.41, 5.74) is 7.84. The van der Waals surface area contributed by atoms with E-state index < -0.39 is 15.9 Å². The van der Waals surface area contributed by atoms with Crippen LogP contribution in [0.5, 0.6) is 0 Å². The van der Waals surface area contributed by atoms with E-state index in [2.05, 4.69) is 14.7 Å². The number of nitrogens with zero attached hydrogens (tertiary/aromatic N) is 2. The number of aryl methyl sites for hydroxylation is 1. The number of thioether (sulfide) groups is 1. The Morgan fingerprint density at radius 3 is 2.48 bits per heavy atom. The largest absolute Gasteiger partial charge is 0.369 e. The Kier molecular flexibility index (Phi) is 6.55. The Morgan fingerprint density at radius 1 is 1.06 bits per heavy atom. The second kappa shape index (κ2) is 9.38. The average Bonchev–Trinajstić information content (AvgIpc) is 2.79. The Balaban J connectivity index is 1.80. The minimum Gasteiger partial charge on any atom is -0.369 e. The van der Waals surface area contributed by atoms with E-state index in [0.717, 1.165) is 22.7 Å². The standard InChI is InChI=1S/C23H19ClN4O3S2/c1-14-11-20(19(12-17(14)24)32-13-21(25)29)33(30,31)28-23-26-18-10-6-5-9-16(18)22(27-23)15-7-3-2-4-8-15/h2-12H,13H2,1H3,(H2,25,29)(H,26,27,28). The number of halogens is 1. The van der Waals surface area contributed by atoms with Crippen molar-refractivity contribution >= 4 is 56.1 Å². The van der Waals surface area contributed by atoms with Gasteiger partial charge in [-0.3, -0.25) is 4.79 Å². The van der Waals surface area contributed by atoms with Crippen LogP contribution in [0.25, 0.3) is 22.2 Å². The molecule has 1 amide bonds. The molecule has 1 heterocycles. The Hall–Kier alpha value is -3.14. The second-order valence-electron chi connectivity index (χ2n) is 7.19. The van der Waals surface area contributed by atoms with Crippen molar-refractivity contribution in [2.75, 3.05) is 10.5 Å². The van der Waals surface area contributed by atoms with Crippen LogP contribution in [0, 0.1) is 6.92 Å². The van der Waals surface area contributed by atoms with E-state index in [4.69, 9.17) is 17.3 Å². The van der Waals surface area contributed by atoms with E-state index in [-0.39, 0.29) is 16.6 Å². The lowest BCUT2D eigenvalue weighted by Gasteiger charge is -2.14. The number of nitrogens with two attached hydrogens (primary N) is 1. The summed E-state index contributed by atoms with van der Waals surface area (Å²) in [4.78, 5) is 20.5. The van der Waals surface area contributed by atoms with Gasteiger partial charge in [0, 0.05) is 20.9 Å². The minimum absolute atomic E-state index is 0.0336. The summed E-state index contributed by atoms with van der Waals surface area (Å²) in [5.74, 6) is -0.726. The zero-order valence-electron chi connectivity index (χ0n) is 17.4. The molecular weight excluding hydrogens is 480 g/mol. The molecule has 0 radical (unpaired) electrons. The molecule has 1 aromatic heterocycles. The maximum Gasteiger partial charge on any atom is 0.265 e. The fourth-order valence-electron chi connectivity index (χ4n) is 3.22. The van der Waals surface area contributed by atoms with Gasteiger partial charge in [-0.25, -0.2) is 23.1 Å². The molecule has 0 saturated heterocycles. The lowest BCUT2D eigenvalue weighted by Crippen LogP contribution is -2.18. The molecule has 0 unspecified atom stereocenters. The van der Waals surface area contributed by atoms with Crippen molar-refractivity contribution in [3.63, 3.8) is 0 Å². The number of para-hydroxylation sites is 1. The predicted octanol–water partition coefficient (Wildman–Crippen LogP) is 4.64. The van der Waals surface area contributed by atoms with Crippen molar-refractivity contribution in [3.8, 4) is 11.3 Å². The molecule has 0 aliphatic heterocycles. The number of carbonyl (C=O) groups excluding carboxylic acids is 1. The van der Waals surface area contributed by atoms with Crippen LogP contribution < -0.4 is 10.5 Å². The highest BCUT2D eigenvalue weighted by molar-refractivity contribution is 8.01. The first-order valence-electron chi connectivity index (χ1n) is 9.81. The van der Waals surface area contributed by atoms with Gasteiger partial charge >= 0.3 is 0 Å². The SMILES string of the molecule is Cc1cc(S(=O)(=O)Nc2nc(-c3ccccc3)c3ccccc3n2)c(SCC(N)=O)cc1Cl. The summed E-state index contributed by atoms with van der Waals surface area (Å²) in [6.07, 6.45) is 0. The number of primary amides is 1. The number of nitrogens with one attached hydrogen (secondary N) is 1. The zero-order chi connectivity index (χ0) is 23.6. The van der Waals surface area contributed by atoms with Crippen LogP contribution in [-0.2, 0) is 14.8 Å². The Bertz CT molecular complexity index is 1460. The first-order chi connectivity index (χ1) is 15.7. The Labute approximate surface area is 200 Å². The number of amides is 1. The third kappa shape index (κ3) is 5.11. The van der Waals surface area contributed by atoms with Gasteiger partial charge in [-0.05, 0) is 30.7 Å². The summed E-state index contributed by atoms with van der Waals surface area (Å²) < 4.78 is 29.2. The van der Waals surface area contributed by atoms with Gasteiger partial charge in [0.15, 0.2) is 0 Å². The number of sulfonamides is 1. The Morgan fingerprint density at radius 2 is 1.76 bits per heavy atom. The smallest absolute Gasteiger partial charge is 0.265 e. The maximum absolute atomic E-state index is 13.4. The molecule has 0 saturated carbocycles.